The molecule has 0 aliphatic carbocycles. The summed E-state index contributed by atoms with van der Waals surface area (Å²) in [5.74, 6) is -0.951. The second-order valence-electron chi connectivity index (χ2n) is 7.90. The van der Waals surface area contributed by atoms with Gasteiger partial charge in [-0.1, -0.05) is 72.8 Å². The molecule has 0 saturated heterocycles. The van der Waals surface area contributed by atoms with Gasteiger partial charge >= 0.3 is 0 Å². The first kappa shape index (κ1) is 22.2. The Labute approximate surface area is 192 Å². The van der Waals surface area contributed by atoms with Crippen LogP contribution in [0.5, 0.6) is 0 Å². The predicted octanol–water partition coefficient (Wildman–Crippen LogP) is 5.20. The van der Waals surface area contributed by atoms with Crippen molar-refractivity contribution in [3.05, 3.63) is 120 Å². The van der Waals surface area contributed by atoms with Gasteiger partial charge in [0.05, 0.1) is 0 Å². The summed E-state index contributed by atoms with van der Waals surface area (Å²) in [6.07, 6.45) is 1.66. The average molecular weight is 441 g/mol. The van der Waals surface area contributed by atoms with Crippen molar-refractivity contribution in [3.8, 4) is 0 Å². The fourth-order valence-corrected chi connectivity index (χ4v) is 3.77. The van der Waals surface area contributed by atoms with Gasteiger partial charge in [0.25, 0.3) is 5.91 Å². The largest absolute Gasteiger partial charge is 0.354 e. The Morgan fingerprint density at radius 2 is 1.45 bits per heavy atom. The summed E-state index contributed by atoms with van der Waals surface area (Å²) in [5, 5.41) is 7.27. The van der Waals surface area contributed by atoms with E-state index < -0.39 is 6.04 Å². The Morgan fingerprint density at radius 3 is 2.21 bits per heavy atom. The van der Waals surface area contributed by atoms with Crippen LogP contribution in [0.1, 0.15) is 33.9 Å². The third-order valence-electron chi connectivity index (χ3n) is 5.52. The van der Waals surface area contributed by atoms with Crippen LogP contribution in [0.4, 0.5) is 4.39 Å². The fraction of sp³-hybridized carbons (Fsp3) is 0.143. The van der Waals surface area contributed by atoms with Crippen molar-refractivity contribution >= 4 is 22.6 Å². The first-order chi connectivity index (χ1) is 16.1. The number of hydrogen-bond acceptors (Lipinski definition) is 2. The number of nitrogens with one attached hydrogen (secondary N) is 2. The average Bonchev–Trinajstić information content (AvgIpc) is 2.85. The number of benzene rings is 4. The number of halogens is 1. The lowest BCUT2D eigenvalue weighted by Gasteiger charge is -2.19. The van der Waals surface area contributed by atoms with E-state index in [0.717, 1.165) is 18.2 Å². The van der Waals surface area contributed by atoms with Crippen LogP contribution in [-0.4, -0.2) is 18.4 Å². The third-order valence-corrected chi connectivity index (χ3v) is 5.52. The summed E-state index contributed by atoms with van der Waals surface area (Å²) >= 11 is 0. The highest BCUT2D eigenvalue weighted by atomic mass is 19.1. The molecule has 0 radical (unpaired) electrons. The molecule has 0 heterocycles. The molecule has 2 N–H and O–H groups in total. The van der Waals surface area contributed by atoms with Crippen molar-refractivity contribution in [1.29, 1.82) is 0 Å². The van der Waals surface area contributed by atoms with Crippen LogP contribution in [-0.2, 0) is 11.2 Å². The van der Waals surface area contributed by atoms with Gasteiger partial charge in [-0.05, 0) is 59.0 Å². The molecule has 4 aromatic rings. The van der Waals surface area contributed by atoms with Crippen LogP contribution in [0, 0.1) is 5.82 Å². The Morgan fingerprint density at radius 1 is 0.788 bits per heavy atom. The van der Waals surface area contributed by atoms with Crippen LogP contribution in [0.3, 0.4) is 0 Å². The molecule has 0 aliphatic heterocycles. The highest BCUT2D eigenvalue weighted by molar-refractivity contribution is 6.00. The van der Waals surface area contributed by atoms with E-state index >= 15 is 0 Å². The molecular formula is C28H25FN2O2. The minimum atomic E-state index is -0.820. The first-order valence-corrected chi connectivity index (χ1v) is 11.0. The minimum Gasteiger partial charge on any atom is -0.354 e. The van der Waals surface area contributed by atoms with Crippen molar-refractivity contribution < 1.29 is 14.0 Å². The van der Waals surface area contributed by atoms with Crippen molar-refractivity contribution in [2.75, 3.05) is 6.54 Å². The SMILES string of the molecule is O=C(NC(C(=O)NCCCc1ccccc1)c1ccccc1)c1ccc2cc(F)ccc2c1. The molecule has 5 heteroatoms. The van der Waals surface area contributed by atoms with Crippen molar-refractivity contribution in [3.63, 3.8) is 0 Å². The van der Waals surface area contributed by atoms with Crippen molar-refractivity contribution in [1.82, 2.24) is 10.6 Å². The second-order valence-corrected chi connectivity index (χ2v) is 7.90. The van der Waals surface area contributed by atoms with Crippen molar-refractivity contribution in [2.24, 2.45) is 0 Å². The van der Waals surface area contributed by atoms with Gasteiger partial charge < -0.3 is 10.6 Å². The number of rotatable bonds is 8. The maximum absolute atomic E-state index is 13.4. The number of amides is 2. The quantitative estimate of drug-likeness (QED) is 0.370. The number of aryl methyl sites for hydroxylation is 1. The van der Waals surface area contributed by atoms with Gasteiger partial charge in [-0.3, -0.25) is 9.59 Å². The number of carbonyl (C=O) groups excluding carboxylic acids is 2. The minimum absolute atomic E-state index is 0.259. The molecule has 0 aliphatic rings. The van der Waals surface area contributed by atoms with Gasteiger partial charge in [-0.2, -0.15) is 0 Å². The Balaban J connectivity index is 1.44. The lowest BCUT2D eigenvalue weighted by molar-refractivity contribution is -0.123. The molecule has 4 nitrogen and oxygen atoms in total. The summed E-state index contributed by atoms with van der Waals surface area (Å²) in [4.78, 5) is 26.0. The van der Waals surface area contributed by atoms with Gasteiger partial charge in [0.15, 0.2) is 0 Å². The monoisotopic (exact) mass is 440 g/mol. The van der Waals surface area contributed by atoms with E-state index in [0.29, 0.717) is 23.1 Å². The van der Waals surface area contributed by atoms with Crippen LogP contribution in [0.25, 0.3) is 10.8 Å². The standard InChI is InChI=1S/C28H25FN2O2/c29-25-16-15-22-18-24(14-13-23(22)19-25)27(32)31-26(21-11-5-2-6-12-21)28(33)30-17-7-10-20-8-3-1-4-9-20/h1-6,8-9,11-16,18-19,26H,7,10,17H2,(H,30,33)(H,31,32). The summed E-state index contributed by atoms with van der Waals surface area (Å²) in [7, 11) is 0. The molecule has 4 aromatic carbocycles. The molecule has 0 saturated carbocycles. The van der Waals surface area contributed by atoms with Gasteiger partial charge in [-0.25, -0.2) is 4.39 Å². The summed E-state index contributed by atoms with van der Waals surface area (Å²) in [6.45, 7) is 0.508. The molecule has 2 amide bonds. The van der Waals surface area contributed by atoms with Gasteiger partial charge in [-0.15, -0.1) is 0 Å². The Hall–Kier alpha value is -3.99. The summed E-state index contributed by atoms with van der Waals surface area (Å²) < 4.78 is 13.4. The van der Waals surface area contributed by atoms with Gasteiger partial charge in [0.2, 0.25) is 5.91 Å². The Kier molecular flexibility index (Phi) is 7.10. The van der Waals surface area contributed by atoms with Gasteiger partial charge in [0, 0.05) is 12.1 Å². The van der Waals surface area contributed by atoms with E-state index in [4.69, 9.17) is 0 Å². The molecule has 0 aromatic heterocycles. The maximum Gasteiger partial charge on any atom is 0.252 e. The molecule has 1 unspecified atom stereocenters. The zero-order valence-corrected chi connectivity index (χ0v) is 18.1. The molecule has 4 rings (SSSR count). The van der Waals surface area contributed by atoms with Crippen LogP contribution in [0.15, 0.2) is 97.1 Å². The van der Waals surface area contributed by atoms with E-state index in [-0.39, 0.29) is 17.6 Å². The third kappa shape index (κ3) is 5.83. The predicted molar refractivity (Wildman–Crippen MR) is 128 cm³/mol. The molecule has 0 bridgehead atoms. The van der Waals surface area contributed by atoms with Crippen LogP contribution >= 0.6 is 0 Å². The highest BCUT2D eigenvalue weighted by Crippen LogP contribution is 2.19. The zero-order chi connectivity index (χ0) is 23.0. The van der Waals surface area contributed by atoms with E-state index in [9.17, 15) is 14.0 Å². The number of carbonyl (C=O) groups is 2. The van der Waals surface area contributed by atoms with E-state index in [1.54, 1.807) is 24.3 Å². The van der Waals surface area contributed by atoms with E-state index in [1.807, 2.05) is 48.5 Å². The van der Waals surface area contributed by atoms with Crippen LogP contribution < -0.4 is 10.6 Å². The molecular weight excluding hydrogens is 415 g/mol. The summed E-state index contributed by atoms with van der Waals surface area (Å²) in [5.41, 5.74) is 2.33. The summed E-state index contributed by atoms with van der Waals surface area (Å²) in [6, 6.07) is 27.9. The number of fused-ring (bicyclic) bond motifs is 1. The zero-order valence-electron chi connectivity index (χ0n) is 18.1. The highest BCUT2D eigenvalue weighted by Gasteiger charge is 2.23. The normalized spacial score (nSPS) is 11.7. The maximum atomic E-state index is 13.4. The Bertz CT molecular complexity index is 1240. The van der Waals surface area contributed by atoms with E-state index in [1.165, 1.54) is 17.7 Å². The molecule has 1 atom stereocenters. The first-order valence-electron chi connectivity index (χ1n) is 11.0. The molecule has 166 valence electrons. The fourth-order valence-electron chi connectivity index (χ4n) is 3.77. The van der Waals surface area contributed by atoms with Crippen LogP contribution in [0.2, 0.25) is 0 Å². The van der Waals surface area contributed by atoms with E-state index in [2.05, 4.69) is 22.8 Å². The smallest absolute Gasteiger partial charge is 0.252 e. The lowest BCUT2D eigenvalue weighted by Crippen LogP contribution is -2.40. The molecule has 0 fully saturated rings. The topological polar surface area (TPSA) is 58.2 Å². The van der Waals surface area contributed by atoms with Crippen molar-refractivity contribution in [2.45, 2.75) is 18.9 Å². The van der Waals surface area contributed by atoms with Gasteiger partial charge in [0.1, 0.15) is 11.9 Å². The lowest BCUT2D eigenvalue weighted by atomic mass is 10.0. The second kappa shape index (κ2) is 10.6. The molecule has 0 spiro atoms. The number of hydrogen-bond donors (Lipinski definition) is 2. The molecule has 33 heavy (non-hydrogen) atoms.